The monoisotopic (exact) mass is 341 g/mol. The van der Waals surface area contributed by atoms with Crippen molar-refractivity contribution in [2.24, 2.45) is 0 Å². The predicted octanol–water partition coefficient (Wildman–Crippen LogP) is 4.71. The molecular formula is C20H17F2NO2. The van der Waals surface area contributed by atoms with E-state index in [0.29, 0.717) is 12.1 Å². The van der Waals surface area contributed by atoms with Crippen LogP contribution in [0.4, 0.5) is 8.78 Å². The minimum absolute atomic E-state index is 0.0929. The second-order valence-corrected chi connectivity index (χ2v) is 5.71. The van der Waals surface area contributed by atoms with E-state index in [4.69, 9.17) is 0 Å². The van der Waals surface area contributed by atoms with Crippen LogP contribution in [0, 0.1) is 0 Å². The number of carbonyl (C=O) groups excluding carboxylic acids is 1. The van der Waals surface area contributed by atoms with Crippen molar-refractivity contribution < 1.29 is 18.3 Å². The summed E-state index contributed by atoms with van der Waals surface area (Å²) >= 11 is 0. The Bertz CT molecular complexity index is 873. The standard InChI is InChI=1S/C20H17F2NO2/c1-23(13-14-9-11-16(12-10-14)25-20(21)22)19(24)18-8-4-6-15-5-2-3-7-17(15)18/h2-12,20H,13H2,1H3. The van der Waals surface area contributed by atoms with Crippen molar-refractivity contribution in [1.29, 1.82) is 0 Å². The van der Waals surface area contributed by atoms with E-state index in [1.165, 1.54) is 12.1 Å². The molecule has 3 rings (SSSR count). The highest BCUT2D eigenvalue weighted by atomic mass is 19.3. The van der Waals surface area contributed by atoms with E-state index in [-0.39, 0.29) is 11.7 Å². The molecule has 0 radical (unpaired) electrons. The van der Waals surface area contributed by atoms with Crippen LogP contribution < -0.4 is 4.74 Å². The van der Waals surface area contributed by atoms with Crippen LogP contribution in [0.25, 0.3) is 10.8 Å². The van der Waals surface area contributed by atoms with E-state index in [1.54, 1.807) is 30.1 Å². The van der Waals surface area contributed by atoms with E-state index in [9.17, 15) is 13.6 Å². The number of halogens is 2. The van der Waals surface area contributed by atoms with Gasteiger partial charge in [0.2, 0.25) is 0 Å². The summed E-state index contributed by atoms with van der Waals surface area (Å²) in [6, 6.07) is 19.6. The summed E-state index contributed by atoms with van der Waals surface area (Å²) in [5, 5.41) is 1.91. The maximum atomic E-state index is 12.8. The molecule has 0 spiro atoms. The third-order valence-corrected chi connectivity index (χ3v) is 3.94. The van der Waals surface area contributed by atoms with Gasteiger partial charge in [0.25, 0.3) is 5.91 Å². The Morgan fingerprint density at radius 1 is 1.00 bits per heavy atom. The largest absolute Gasteiger partial charge is 0.435 e. The first-order chi connectivity index (χ1) is 12.0. The first kappa shape index (κ1) is 16.9. The smallest absolute Gasteiger partial charge is 0.387 e. The molecule has 3 aromatic rings. The molecule has 0 aliphatic heterocycles. The Balaban J connectivity index is 1.76. The summed E-state index contributed by atoms with van der Waals surface area (Å²) in [6.07, 6.45) is 0. The number of fused-ring (bicyclic) bond motifs is 1. The lowest BCUT2D eigenvalue weighted by Gasteiger charge is -2.18. The molecule has 0 aromatic heterocycles. The molecule has 1 amide bonds. The molecule has 0 fully saturated rings. The highest BCUT2D eigenvalue weighted by Gasteiger charge is 2.15. The Hall–Kier alpha value is -2.95. The molecule has 0 unspecified atom stereocenters. The van der Waals surface area contributed by atoms with E-state index in [2.05, 4.69) is 4.74 Å². The number of carbonyl (C=O) groups is 1. The maximum absolute atomic E-state index is 12.8. The fraction of sp³-hybridized carbons (Fsp3) is 0.150. The van der Waals surface area contributed by atoms with Gasteiger partial charge in [0.15, 0.2) is 0 Å². The summed E-state index contributed by atoms with van der Waals surface area (Å²) in [6.45, 7) is -2.47. The van der Waals surface area contributed by atoms with Crippen LogP contribution in [-0.4, -0.2) is 24.5 Å². The highest BCUT2D eigenvalue weighted by molar-refractivity contribution is 6.06. The molecule has 0 saturated heterocycles. The molecule has 128 valence electrons. The number of nitrogens with zero attached hydrogens (tertiary/aromatic N) is 1. The Kier molecular flexibility index (Phi) is 4.93. The molecule has 3 nitrogen and oxygen atoms in total. The second kappa shape index (κ2) is 7.30. The third-order valence-electron chi connectivity index (χ3n) is 3.94. The molecule has 5 heteroatoms. The summed E-state index contributed by atoms with van der Waals surface area (Å²) in [4.78, 5) is 14.4. The molecule has 0 heterocycles. The van der Waals surface area contributed by atoms with Gasteiger partial charge in [-0.2, -0.15) is 8.78 Å². The average Bonchev–Trinajstić information content (AvgIpc) is 2.62. The molecule has 0 bridgehead atoms. The molecule has 0 saturated carbocycles. The van der Waals surface area contributed by atoms with Gasteiger partial charge in [0.05, 0.1) is 0 Å². The number of ether oxygens (including phenoxy) is 1. The lowest BCUT2D eigenvalue weighted by Crippen LogP contribution is -2.26. The quantitative estimate of drug-likeness (QED) is 0.672. The topological polar surface area (TPSA) is 29.5 Å². The van der Waals surface area contributed by atoms with Crippen LogP contribution in [0.15, 0.2) is 66.7 Å². The number of amides is 1. The fourth-order valence-corrected chi connectivity index (χ4v) is 2.74. The van der Waals surface area contributed by atoms with E-state index < -0.39 is 6.61 Å². The van der Waals surface area contributed by atoms with Crippen molar-refractivity contribution in [3.8, 4) is 5.75 Å². The van der Waals surface area contributed by atoms with Gasteiger partial charge in [-0.3, -0.25) is 4.79 Å². The third kappa shape index (κ3) is 3.94. The van der Waals surface area contributed by atoms with Crippen LogP contribution in [0.1, 0.15) is 15.9 Å². The van der Waals surface area contributed by atoms with Crippen LogP contribution >= 0.6 is 0 Å². The van der Waals surface area contributed by atoms with Gasteiger partial charge in [-0.05, 0) is 34.5 Å². The van der Waals surface area contributed by atoms with Crippen molar-refractivity contribution in [3.05, 3.63) is 77.9 Å². The normalized spacial score (nSPS) is 10.9. The summed E-state index contributed by atoms with van der Waals surface area (Å²) in [5.74, 6) is 0.00601. The van der Waals surface area contributed by atoms with Gasteiger partial charge in [0, 0.05) is 19.2 Å². The van der Waals surface area contributed by atoms with Crippen molar-refractivity contribution in [3.63, 3.8) is 0 Å². The Morgan fingerprint density at radius 2 is 1.68 bits per heavy atom. The van der Waals surface area contributed by atoms with Gasteiger partial charge < -0.3 is 9.64 Å². The molecule has 0 atom stereocenters. The van der Waals surface area contributed by atoms with Crippen molar-refractivity contribution >= 4 is 16.7 Å². The summed E-state index contributed by atoms with van der Waals surface area (Å²) in [7, 11) is 1.72. The molecule has 3 aromatic carbocycles. The Labute approximate surface area is 144 Å². The van der Waals surface area contributed by atoms with E-state index in [1.807, 2.05) is 36.4 Å². The summed E-state index contributed by atoms with van der Waals surface area (Å²) < 4.78 is 28.7. The number of hydrogen-bond acceptors (Lipinski definition) is 2. The van der Waals surface area contributed by atoms with Gasteiger partial charge in [-0.25, -0.2) is 0 Å². The number of hydrogen-bond donors (Lipinski definition) is 0. The molecule has 25 heavy (non-hydrogen) atoms. The molecule has 0 aliphatic carbocycles. The van der Waals surface area contributed by atoms with Crippen LogP contribution in [0.5, 0.6) is 5.75 Å². The lowest BCUT2D eigenvalue weighted by atomic mass is 10.0. The SMILES string of the molecule is CN(Cc1ccc(OC(F)F)cc1)C(=O)c1cccc2ccccc12. The molecule has 0 N–H and O–H groups in total. The summed E-state index contributed by atoms with van der Waals surface area (Å²) in [5.41, 5.74) is 1.47. The molecular weight excluding hydrogens is 324 g/mol. The average molecular weight is 341 g/mol. The Morgan fingerprint density at radius 3 is 2.40 bits per heavy atom. The van der Waals surface area contributed by atoms with Crippen molar-refractivity contribution in [2.45, 2.75) is 13.2 Å². The zero-order chi connectivity index (χ0) is 17.8. The zero-order valence-corrected chi connectivity index (χ0v) is 13.7. The predicted molar refractivity (Wildman–Crippen MR) is 92.8 cm³/mol. The van der Waals surface area contributed by atoms with Crippen LogP contribution in [0.2, 0.25) is 0 Å². The lowest BCUT2D eigenvalue weighted by molar-refractivity contribution is -0.0498. The zero-order valence-electron chi connectivity index (χ0n) is 13.7. The van der Waals surface area contributed by atoms with Gasteiger partial charge >= 0.3 is 6.61 Å². The van der Waals surface area contributed by atoms with Crippen LogP contribution in [-0.2, 0) is 6.54 Å². The van der Waals surface area contributed by atoms with E-state index >= 15 is 0 Å². The first-order valence-electron chi connectivity index (χ1n) is 7.81. The first-order valence-corrected chi connectivity index (χ1v) is 7.81. The van der Waals surface area contributed by atoms with Gasteiger partial charge in [-0.15, -0.1) is 0 Å². The van der Waals surface area contributed by atoms with Crippen molar-refractivity contribution in [1.82, 2.24) is 4.90 Å². The van der Waals surface area contributed by atoms with Gasteiger partial charge in [0.1, 0.15) is 5.75 Å². The van der Waals surface area contributed by atoms with Crippen LogP contribution in [0.3, 0.4) is 0 Å². The van der Waals surface area contributed by atoms with Gasteiger partial charge in [-0.1, -0.05) is 48.5 Å². The van der Waals surface area contributed by atoms with E-state index in [0.717, 1.165) is 16.3 Å². The maximum Gasteiger partial charge on any atom is 0.387 e. The number of alkyl halides is 2. The fourth-order valence-electron chi connectivity index (χ4n) is 2.74. The minimum Gasteiger partial charge on any atom is -0.435 e. The highest BCUT2D eigenvalue weighted by Crippen LogP contribution is 2.21. The molecule has 0 aliphatic rings. The minimum atomic E-state index is -2.85. The van der Waals surface area contributed by atoms with Crippen molar-refractivity contribution in [2.75, 3.05) is 7.05 Å². The number of benzene rings is 3. The second-order valence-electron chi connectivity index (χ2n) is 5.71. The number of rotatable bonds is 5.